The molecule has 0 saturated heterocycles. The average Bonchev–Trinajstić information content (AvgIpc) is 3.31. The number of amides is 2. The number of rotatable bonds is 7. The zero-order valence-electron chi connectivity index (χ0n) is 17.9. The molecule has 164 valence electrons. The number of fused-ring (bicyclic) bond motifs is 1. The largest absolute Gasteiger partial charge is 0.508 e. The van der Waals surface area contributed by atoms with Crippen LogP contribution >= 0.6 is 0 Å². The van der Waals surface area contributed by atoms with Gasteiger partial charge in [0.1, 0.15) is 11.4 Å². The van der Waals surface area contributed by atoms with Crippen molar-refractivity contribution >= 4 is 28.8 Å². The molecule has 0 unspecified atom stereocenters. The molecule has 0 fully saturated rings. The second-order valence-corrected chi connectivity index (χ2v) is 7.52. The molecule has 0 spiro atoms. The Morgan fingerprint density at radius 2 is 1.97 bits per heavy atom. The maximum Gasteiger partial charge on any atom is 0.276 e. The van der Waals surface area contributed by atoms with Crippen molar-refractivity contribution in [1.82, 2.24) is 19.3 Å². The summed E-state index contributed by atoms with van der Waals surface area (Å²) in [6.45, 7) is 4.81. The van der Waals surface area contributed by atoms with E-state index in [1.807, 2.05) is 24.5 Å². The van der Waals surface area contributed by atoms with E-state index in [1.165, 1.54) is 0 Å². The predicted molar refractivity (Wildman–Crippen MR) is 121 cm³/mol. The van der Waals surface area contributed by atoms with E-state index in [-0.39, 0.29) is 11.7 Å². The monoisotopic (exact) mass is 432 g/mol. The van der Waals surface area contributed by atoms with Crippen molar-refractivity contribution in [2.45, 2.75) is 33.4 Å². The number of aromatic nitrogens is 4. The summed E-state index contributed by atoms with van der Waals surface area (Å²) in [6.07, 6.45) is 0.603. The number of primary amides is 1. The minimum Gasteiger partial charge on any atom is -0.508 e. The fraction of sp³-hybridized carbons (Fsp3) is 0.217. The Bertz CT molecular complexity index is 1320. The highest BCUT2D eigenvalue weighted by atomic mass is 16.3. The Morgan fingerprint density at radius 3 is 2.69 bits per heavy atom. The van der Waals surface area contributed by atoms with Gasteiger partial charge in [0.05, 0.1) is 16.7 Å². The number of nitrogens with one attached hydrogen (secondary N) is 1. The Morgan fingerprint density at radius 1 is 1.16 bits per heavy atom. The van der Waals surface area contributed by atoms with Gasteiger partial charge in [-0.25, -0.2) is 4.98 Å². The third-order valence-corrected chi connectivity index (χ3v) is 5.23. The van der Waals surface area contributed by atoms with Crippen LogP contribution in [0.15, 0.2) is 48.5 Å². The van der Waals surface area contributed by atoms with Crippen LogP contribution in [-0.2, 0) is 19.5 Å². The summed E-state index contributed by atoms with van der Waals surface area (Å²) in [5.74, 6) is -0.320. The van der Waals surface area contributed by atoms with Crippen molar-refractivity contribution in [3.63, 3.8) is 0 Å². The number of carbonyl (C=O) groups excluding carboxylic acids is 2. The van der Waals surface area contributed by atoms with Gasteiger partial charge in [-0.15, -0.1) is 0 Å². The number of aromatic hydroxyl groups is 1. The molecular weight excluding hydrogens is 408 g/mol. The molecule has 32 heavy (non-hydrogen) atoms. The molecule has 4 rings (SSSR count). The van der Waals surface area contributed by atoms with Gasteiger partial charge in [0, 0.05) is 18.7 Å². The molecule has 9 heteroatoms. The first-order valence-electron chi connectivity index (χ1n) is 10.3. The van der Waals surface area contributed by atoms with Crippen LogP contribution < -0.4 is 11.1 Å². The molecule has 0 radical (unpaired) electrons. The lowest BCUT2D eigenvalue weighted by molar-refractivity contribution is 0.0996. The van der Waals surface area contributed by atoms with E-state index >= 15 is 0 Å². The molecule has 2 amide bonds. The Hall–Kier alpha value is -4.14. The highest BCUT2D eigenvalue weighted by Gasteiger charge is 2.19. The van der Waals surface area contributed by atoms with Crippen molar-refractivity contribution in [2.75, 3.05) is 5.32 Å². The van der Waals surface area contributed by atoms with Crippen LogP contribution in [0.5, 0.6) is 5.75 Å². The van der Waals surface area contributed by atoms with E-state index in [1.54, 1.807) is 47.1 Å². The fourth-order valence-electron chi connectivity index (χ4n) is 3.69. The Balaban J connectivity index is 1.71. The van der Waals surface area contributed by atoms with Gasteiger partial charge >= 0.3 is 0 Å². The molecule has 0 aliphatic heterocycles. The lowest BCUT2D eigenvalue weighted by Crippen LogP contribution is -2.20. The molecule has 0 saturated carbocycles. The first kappa shape index (κ1) is 21.1. The second kappa shape index (κ2) is 8.54. The van der Waals surface area contributed by atoms with Crippen LogP contribution in [0, 0.1) is 6.92 Å². The van der Waals surface area contributed by atoms with Gasteiger partial charge < -0.3 is 15.4 Å². The number of benzene rings is 2. The number of hydrogen-bond donors (Lipinski definition) is 3. The third-order valence-electron chi connectivity index (χ3n) is 5.23. The summed E-state index contributed by atoms with van der Waals surface area (Å²) in [5.41, 5.74) is 9.19. The van der Waals surface area contributed by atoms with Crippen LogP contribution in [0.2, 0.25) is 0 Å². The van der Waals surface area contributed by atoms with Gasteiger partial charge in [-0.1, -0.05) is 12.1 Å². The Labute approximate surface area is 184 Å². The molecule has 2 aromatic carbocycles. The number of carbonyl (C=O) groups is 2. The van der Waals surface area contributed by atoms with E-state index < -0.39 is 5.91 Å². The van der Waals surface area contributed by atoms with Gasteiger partial charge in [0.2, 0.25) is 11.9 Å². The number of phenolic OH excluding ortho intramolecular Hbond substituents is 1. The zero-order valence-corrected chi connectivity index (χ0v) is 17.9. The summed E-state index contributed by atoms with van der Waals surface area (Å²) in [4.78, 5) is 29.2. The highest BCUT2D eigenvalue weighted by molar-refractivity contribution is 6.03. The maximum absolute atomic E-state index is 13.0. The van der Waals surface area contributed by atoms with Crippen LogP contribution in [0.3, 0.4) is 0 Å². The van der Waals surface area contributed by atoms with Crippen LogP contribution in [0.25, 0.3) is 11.0 Å². The summed E-state index contributed by atoms with van der Waals surface area (Å²) in [5, 5.41) is 17.0. The fourth-order valence-corrected chi connectivity index (χ4v) is 3.69. The highest BCUT2D eigenvalue weighted by Crippen LogP contribution is 2.23. The van der Waals surface area contributed by atoms with Crippen LogP contribution in [-0.4, -0.2) is 36.3 Å². The van der Waals surface area contributed by atoms with Crippen LogP contribution in [0.4, 0.5) is 5.95 Å². The average molecular weight is 432 g/mol. The number of imidazole rings is 1. The molecule has 0 aliphatic rings. The minimum atomic E-state index is -0.547. The van der Waals surface area contributed by atoms with Gasteiger partial charge in [0.25, 0.3) is 5.91 Å². The van der Waals surface area contributed by atoms with Crippen molar-refractivity contribution in [3.8, 4) is 5.75 Å². The predicted octanol–water partition coefficient (Wildman–Crippen LogP) is 2.86. The second-order valence-electron chi connectivity index (χ2n) is 7.52. The lowest BCUT2D eigenvalue weighted by Gasteiger charge is -2.11. The van der Waals surface area contributed by atoms with Gasteiger partial charge in [-0.05, 0) is 62.2 Å². The lowest BCUT2D eigenvalue weighted by atomic mass is 10.1. The van der Waals surface area contributed by atoms with E-state index in [9.17, 15) is 14.7 Å². The molecule has 2 heterocycles. The van der Waals surface area contributed by atoms with Crippen LogP contribution in [0.1, 0.15) is 39.0 Å². The van der Waals surface area contributed by atoms with Gasteiger partial charge in [0.15, 0.2) is 0 Å². The number of aryl methyl sites for hydroxylation is 4. The number of nitrogens with two attached hydrogens (primary N) is 1. The van der Waals surface area contributed by atoms with E-state index in [4.69, 9.17) is 5.73 Å². The standard InChI is InChI=1S/C23H24N6O3/c1-3-29-20(11-14(2)27-29)22(32)26-23-25-18-13-16(21(24)31)7-8-19(18)28(23)10-9-15-5-4-6-17(30)12-15/h4-8,11-13,30H,3,9-10H2,1-2H3,(H2,24,31)(H,25,26,32). The van der Waals surface area contributed by atoms with Crippen molar-refractivity contribution in [1.29, 1.82) is 0 Å². The smallest absolute Gasteiger partial charge is 0.276 e. The minimum absolute atomic E-state index is 0.195. The van der Waals surface area contributed by atoms with Crippen molar-refractivity contribution in [2.24, 2.45) is 5.73 Å². The first-order chi connectivity index (χ1) is 15.4. The Kier molecular flexibility index (Phi) is 5.63. The summed E-state index contributed by atoms with van der Waals surface area (Å²) >= 11 is 0. The maximum atomic E-state index is 13.0. The molecule has 4 aromatic rings. The number of hydrogen-bond acceptors (Lipinski definition) is 5. The quantitative estimate of drug-likeness (QED) is 0.414. The van der Waals surface area contributed by atoms with E-state index in [0.29, 0.717) is 42.2 Å². The third kappa shape index (κ3) is 4.18. The number of anilines is 1. The van der Waals surface area contributed by atoms with E-state index in [0.717, 1.165) is 16.8 Å². The molecule has 4 N–H and O–H groups in total. The van der Waals surface area contributed by atoms with Gasteiger partial charge in [-0.3, -0.25) is 19.6 Å². The van der Waals surface area contributed by atoms with Gasteiger partial charge in [-0.2, -0.15) is 5.10 Å². The molecule has 0 bridgehead atoms. The number of nitrogens with zero attached hydrogens (tertiary/aromatic N) is 4. The molecule has 2 aromatic heterocycles. The summed E-state index contributed by atoms with van der Waals surface area (Å²) < 4.78 is 3.51. The summed E-state index contributed by atoms with van der Waals surface area (Å²) in [7, 11) is 0. The molecule has 0 atom stereocenters. The topological polar surface area (TPSA) is 128 Å². The van der Waals surface area contributed by atoms with Crippen molar-refractivity contribution < 1.29 is 14.7 Å². The van der Waals surface area contributed by atoms with Crippen molar-refractivity contribution in [3.05, 3.63) is 71.0 Å². The number of phenols is 1. The summed E-state index contributed by atoms with van der Waals surface area (Å²) in [6, 6.07) is 13.8. The normalized spacial score (nSPS) is 11.1. The molecule has 9 nitrogen and oxygen atoms in total. The zero-order chi connectivity index (χ0) is 22.8. The molecule has 0 aliphatic carbocycles. The van der Waals surface area contributed by atoms with E-state index in [2.05, 4.69) is 15.4 Å². The first-order valence-corrected chi connectivity index (χ1v) is 10.3. The SMILES string of the molecule is CCn1nc(C)cc1C(=O)Nc1nc2cc(C(N)=O)ccc2n1CCc1cccc(O)c1. The molecular formula is C23H24N6O3.